The lowest BCUT2D eigenvalue weighted by molar-refractivity contribution is -0.134. The van der Waals surface area contributed by atoms with Crippen molar-refractivity contribution in [2.45, 2.75) is 39.7 Å². The summed E-state index contributed by atoms with van der Waals surface area (Å²) >= 11 is 0. The second-order valence-electron chi connectivity index (χ2n) is 4.20. The second-order valence-corrected chi connectivity index (χ2v) is 4.20. The van der Waals surface area contributed by atoms with Crippen LogP contribution < -0.4 is 10.6 Å². The summed E-state index contributed by atoms with van der Waals surface area (Å²) in [7, 11) is 0. The quantitative estimate of drug-likeness (QED) is 0.788. The first-order valence-electron chi connectivity index (χ1n) is 6.63. The molecule has 20 heavy (non-hydrogen) atoms. The van der Waals surface area contributed by atoms with Crippen LogP contribution in [0.15, 0.2) is 18.3 Å². The van der Waals surface area contributed by atoms with Gasteiger partial charge in [0.2, 0.25) is 11.8 Å². The van der Waals surface area contributed by atoms with Gasteiger partial charge in [0.15, 0.2) is 0 Å². The minimum Gasteiger partial charge on any atom is -0.339 e. The van der Waals surface area contributed by atoms with Crippen LogP contribution in [0.3, 0.4) is 0 Å². The fraction of sp³-hybridized carbons (Fsp3) is 0.429. The van der Waals surface area contributed by atoms with Crippen LogP contribution >= 0.6 is 0 Å². The van der Waals surface area contributed by atoms with E-state index < -0.39 is 17.9 Å². The van der Waals surface area contributed by atoms with Gasteiger partial charge in [-0.25, -0.2) is 0 Å². The minimum absolute atomic E-state index is 0.234. The zero-order valence-electron chi connectivity index (χ0n) is 11.9. The molecule has 1 atom stereocenters. The number of carbonyl (C=O) groups excluding carboxylic acids is 3. The number of amides is 3. The Hall–Kier alpha value is -2.24. The van der Waals surface area contributed by atoms with Crippen molar-refractivity contribution in [1.29, 1.82) is 0 Å². The molecule has 2 heterocycles. The maximum absolute atomic E-state index is 11.8. The number of rotatable bonds is 2. The Bertz CT molecular complexity index is 497. The lowest BCUT2D eigenvalue weighted by atomic mass is 10.1. The number of hydrogen-bond acceptors (Lipinski definition) is 4. The molecule has 0 radical (unpaired) electrons. The maximum Gasteiger partial charge on any atom is 0.270 e. The van der Waals surface area contributed by atoms with Gasteiger partial charge in [0, 0.05) is 12.6 Å². The summed E-state index contributed by atoms with van der Waals surface area (Å²) in [5, 5.41) is 4.74. The molecule has 1 aliphatic rings. The Morgan fingerprint density at radius 3 is 2.60 bits per heavy atom. The van der Waals surface area contributed by atoms with E-state index in [2.05, 4.69) is 15.6 Å². The molecule has 1 saturated heterocycles. The summed E-state index contributed by atoms with van der Waals surface area (Å²) in [6.07, 6.45) is 2.14. The highest BCUT2D eigenvalue weighted by Gasteiger charge is 2.28. The number of imide groups is 1. The number of nitrogens with one attached hydrogen (secondary N) is 2. The predicted octanol–water partition coefficient (Wildman–Crippen LogP) is 0.951. The third kappa shape index (κ3) is 4.15. The van der Waals surface area contributed by atoms with Crippen LogP contribution in [0.25, 0.3) is 0 Å². The van der Waals surface area contributed by atoms with Gasteiger partial charge in [0.1, 0.15) is 11.7 Å². The monoisotopic (exact) mass is 277 g/mol. The summed E-state index contributed by atoms with van der Waals surface area (Å²) in [5.41, 5.74) is 1.21. The number of hydrogen-bond donors (Lipinski definition) is 2. The van der Waals surface area contributed by atoms with Gasteiger partial charge in [-0.1, -0.05) is 19.9 Å². The minimum atomic E-state index is -0.668. The fourth-order valence-corrected chi connectivity index (χ4v) is 1.67. The first-order valence-corrected chi connectivity index (χ1v) is 6.63. The number of aryl methyl sites for hydroxylation is 1. The summed E-state index contributed by atoms with van der Waals surface area (Å²) in [5.74, 6) is -1.19. The van der Waals surface area contributed by atoms with Crippen LogP contribution in [0.1, 0.15) is 42.7 Å². The molecular formula is C14H19N3O3. The molecule has 108 valence electrons. The molecule has 0 bridgehead atoms. The van der Waals surface area contributed by atoms with Gasteiger partial charge < -0.3 is 5.32 Å². The molecule has 0 spiro atoms. The van der Waals surface area contributed by atoms with Crippen LogP contribution in [-0.2, 0) is 9.59 Å². The van der Waals surface area contributed by atoms with E-state index in [1.165, 1.54) is 0 Å². The van der Waals surface area contributed by atoms with Gasteiger partial charge >= 0.3 is 0 Å². The molecule has 1 fully saturated rings. The zero-order valence-corrected chi connectivity index (χ0v) is 11.9. The molecule has 0 saturated carbocycles. The van der Waals surface area contributed by atoms with Crippen molar-refractivity contribution < 1.29 is 14.4 Å². The van der Waals surface area contributed by atoms with Crippen molar-refractivity contribution >= 4 is 17.7 Å². The second kappa shape index (κ2) is 7.37. The molecule has 0 aliphatic carbocycles. The molecule has 1 aromatic rings. The van der Waals surface area contributed by atoms with Crippen LogP contribution in [-0.4, -0.2) is 28.7 Å². The number of carbonyl (C=O) groups is 3. The van der Waals surface area contributed by atoms with E-state index in [0.717, 1.165) is 5.56 Å². The first kappa shape index (κ1) is 15.8. The Kier molecular flexibility index (Phi) is 5.83. The summed E-state index contributed by atoms with van der Waals surface area (Å²) < 4.78 is 0. The normalized spacial score (nSPS) is 17.6. The molecule has 6 nitrogen and oxygen atoms in total. The zero-order chi connectivity index (χ0) is 15.1. The van der Waals surface area contributed by atoms with Crippen LogP contribution in [0, 0.1) is 6.92 Å². The first-order chi connectivity index (χ1) is 9.56. The van der Waals surface area contributed by atoms with Crippen LogP contribution in [0.2, 0.25) is 0 Å². The predicted molar refractivity (Wildman–Crippen MR) is 74.0 cm³/mol. The molecule has 1 aromatic heterocycles. The van der Waals surface area contributed by atoms with Crippen molar-refractivity contribution in [2.24, 2.45) is 0 Å². The third-order valence-electron chi connectivity index (χ3n) is 2.69. The molecule has 2 N–H and O–H groups in total. The standard InChI is InChI=1S/C12H13N3O3.C2H6/c1-7-2-3-8(13-6-7)11(17)14-9-4-5-10(16)15-12(9)18;1-2/h2-3,6,9H,4-5H2,1H3,(H,14,17)(H,15,16,18);1-2H3. The van der Waals surface area contributed by atoms with Crippen molar-refractivity contribution in [3.05, 3.63) is 29.6 Å². The van der Waals surface area contributed by atoms with E-state index in [-0.39, 0.29) is 18.0 Å². The number of nitrogens with zero attached hydrogens (tertiary/aromatic N) is 1. The molecule has 1 unspecified atom stereocenters. The summed E-state index contributed by atoms with van der Waals surface area (Å²) in [4.78, 5) is 38.2. The van der Waals surface area contributed by atoms with Crippen molar-refractivity contribution in [3.8, 4) is 0 Å². The van der Waals surface area contributed by atoms with Gasteiger partial charge in [-0.15, -0.1) is 0 Å². The van der Waals surface area contributed by atoms with Crippen molar-refractivity contribution in [2.75, 3.05) is 0 Å². The van der Waals surface area contributed by atoms with Gasteiger partial charge in [-0.05, 0) is 25.0 Å². The number of pyridine rings is 1. The van der Waals surface area contributed by atoms with Crippen molar-refractivity contribution in [3.63, 3.8) is 0 Å². The third-order valence-corrected chi connectivity index (χ3v) is 2.69. The van der Waals surface area contributed by atoms with Crippen LogP contribution in [0.4, 0.5) is 0 Å². The highest BCUT2D eigenvalue weighted by Crippen LogP contribution is 2.06. The topological polar surface area (TPSA) is 88.2 Å². The largest absolute Gasteiger partial charge is 0.339 e. The van der Waals surface area contributed by atoms with E-state index in [4.69, 9.17) is 0 Å². The molecule has 1 aliphatic heterocycles. The van der Waals surface area contributed by atoms with Gasteiger partial charge in [-0.3, -0.25) is 24.7 Å². The van der Waals surface area contributed by atoms with Crippen LogP contribution in [0.5, 0.6) is 0 Å². The van der Waals surface area contributed by atoms with Gasteiger partial charge in [0.25, 0.3) is 5.91 Å². The molecule has 6 heteroatoms. The Morgan fingerprint density at radius 2 is 2.05 bits per heavy atom. The average Bonchev–Trinajstić information content (AvgIpc) is 2.45. The van der Waals surface area contributed by atoms with E-state index in [1.807, 2.05) is 20.8 Å². The van der Waals surface area contributed by atoms with E-state index >= 15 is 0 Å². The Balaban J connectivity index is 0.000000956. The Labute approximate surface area is 118 Å². The SMILES string of the molecule is CC.Cc1ccc(C(=O)NC2CCC(=O)NC2=O)nc1. The average molecular weight is 277 g/mol. The lowest BCUT2D eigenvalue weighted by Crippen LogP contribution is -2.52. The van der Waals surface area contributed by atoms with E-state index in [0.29, 0.717) is 6.42 Å². The summed E-state index contributed by atoms with van der Waals surface area (Å²) in [6.45, 7) is 5.87. The van der Waals surface area contributed by atoms with Gasteiger partial charge in [-0.2, -0.15) is 0 Å². The van der Waals surface area contributed by atoms with E-state index in [1.54, 1.807) is 18.3 Å². The fourth-order valence-electron chi connectivity index (χ4n) is 1.67. The smallest absolute Gasteiger partial charge is 0.270 e. The molecule has 2 rings (SSSR count). The molecule has 0 aromatic carbocycles. The maximum atomic E-state index is 11.8. The molecular weight excluding hydrogens is 258 g/mol. The van der Waals surface area contributed by atoms with Gasteiger partial charge in [0.05, 0.1) is 0 Å². The Morgan fingerprint density at radius 1 is 1.35 bits per heavy atom. The highest BCUT2D eigenvalue weighted by molar-refractivity contribution is 6.03. The number of piperidine rings is 1. The number of aromatic nitrogens is 1. The highest BCUT2D eigenvalue weighted by atomic mass is 16.2. The van der Waals surface area contributed by atoms with E-state index in [9.17, 15) is 14.4 Å². The lowest BCUT2D eigenvalue weighted by Gasteiger charge is -2.21. The summed E-state index contributed by atoms with van der Waals surface area (Å²) in [6, 6.07) is 2.70. The van der Waals surface area contributed by atoms with Crippen molar-refractivity contribution in [1.82, 2.24) is 15.6 Å². The molecule has 3 amide bonds.